The smallest absolute Gasteiger partial charge is 0.337 e. The molecule has 5 aromatic rings. The van der Waals surface area contributed by atoms with E-state index in [0.29, 0.717) is 47.2 Å². The predicted octanol–water partition coefficient (Wildman–Crippen LogP) is 6.26. The number of carboxylic acids is 1. The fourth-order valence-corrected chi connectivity index (χ4v) is 6.85. The van der Waals surface area contributed by atoms with Crippen LogP contribution in [0, 0.1) is 13.8 Å². The van der Waals surface area contributed by atoms with Gasteiger partial charge in [0.2, 0.25) is 0 Å². The second-order valence-electron chi connectivity index (χ2n) is 9.83. The van der Waals surface area contributed by atoms with Gasteiger partial charge in [0.25, 0.3) is 16.0 Å². The molecule has 0 aliphatic carbocycles. The van der Waals surface area contributed by atoms with E-state index < -0.39 is 16.0 Å². The monoisotopic (exact) mass is 620 g/mol. The Bertz CT molecular complexity index is 1910. The van der Waals surface area contributed by atoms with Crippen LogP contribution in [0.2, 0.25) is 0 Å². The van der Waals surface area contributed by atoms with Crippen molar-refractivity contribution < 1.29 is 27.8 Å². The highest BCUT2D eigenvalue weighted by molar-refractivity contribution is 7.92. The molecule has 0 saturated carbocycles. The van der Waals surface area contributed by atoms with Crippen molar-refractivity contribution in [2.75, 3.05) is 17.9 Å². The highest BCUT2D eigenvalue weighted by Crippen LogP contribution is 2.34. The van der Waals surface area contributed by atoms with Gasteiger partial charge in [-0.2, -0.15) is 9.36 Å². The first kappa shape index (κ1) is 30.2. The van der Waals surface area contributed by atoms with Gasteiger partial charge in [-0.05, 0) is 74.1 Å². The molecule has 0 bridgehead atoms. The van der Waals surface area contributed by atoms with Gasteiger partial charge in [0.15, 0.2) is 5.82 Å². The minimum Gasteiger partial charge on any atom is -0.478 e. The van der Waals surface area contributed by atoms with Crippen molar-refractivity contribution >= 4 is 44.4 Å². The van der Waals surface area contributed by atoms with Gasteiger partial charge >= 0.3 is 5.97 Å². The normalized spacial score (nSPS) is 11.6. The van der Waals surface area contributed by atoms with E-state index in [2.05, 4.69) is 14.1 Å². The molecule has 0 saturated heterocycles. The molecule has 0 unspecified atom stereocenters. The van der Waals surface area contributed by atoms with Crippen molar-refractivity contribution in [3.05, 3.63) is 87.8 Å². The van der Waals surface area contributed by atoms with Gasteiger partial charge in [-0.1, -0.05) is 42.5 Å². The third-order valence-electron chi connectivity index (χ3n) is 7.06. The molecule has 0 amide bonds. The number of rotatable bonds is 12. The van der Waals surface area contributed by atoms with Crippen LogP contribution in [0.5, 0.6) is 6.01 Å². The molecule has 0 aliphatic rings. The first-order chi connectivity index (χ1) is 20.6. The van der Waals surface area contributed by atoms with Gasteiger partial charge in [0.05, 0.1) is 41.3 Å². The third kappa shape index (κ3) is 6.12. The average Bonchev–Trinajstić information content (AvgIpc) is 3.50. The van der Waals surface area contributed by atoms with Crippen LogP contribution in [0.1, 0.15) is 45.8 Å². The molecular weight excluding hydrogens is 588 g/mol. The lowest BCUT2D eigenvalue weighted by atomic mass is 9.97. The molecule has 2 N–H and O–H groups in total. The summed E-state index contributed by atoms with van der Waals surface area (Å²) in [6.45, 7) is 8.82. The number of nitrogens with zero attached hydrogens (tertiary/aromatic N) is 3. The molecule has 0 fully saturated rings. The molecule has 12 heteroatoms. The molecule has 3 aromatic carbocycles. The van der Waals surface area contributed by atoms with Crippen LogP contribution in [0.3, 0.4) is 0 Å². The third-order valence-corrected chi connectivity index (χ3v) is 9.31. The van der Waals surface area contributed by atoms with Crippen LogP contribution in [-0.2, 0) is 27.9 Å². The number of ether oxygens (including phenoxy) is 2. The summed E-state index contributed by atoms with van der Waals surface area (Å²) in [7, 11) is -3.97. The van der Waals surface area contributed by atoms with Gasteiger partial charge in [-0.3, -0.25) is 9.29 Å². The molecule has 0 aliphatic heterocycles. The summed E-state index contributed by atoms with van der Waals surface area (Å²) < 4.78 is 47.5. The molecule has 2 aromatic heterocycles. The van der Waals surface area contributed by atoms with Gasteiger partial charge in [-0.25, -0.2) is 13.2 Å². The topological polar surface area (TPSA) is 133 Å². The van der Waals surface area contributed by atoms with Crippen LogP contribution >= 0.6 is 11.5 Å². The fraction of sp³-hybridized carbons (Fsp3) is 0.258. The number of benzene rings is 3. The van der Waals surface area contributed by atoms with Crippen LogP contribution in [0.4, 0.5) is 5.82 Å². The molecule has 0 spiro atoms. The number of hydrogen-bond acceptors (Lipinski definition) is 8. The Morgan fingerprint density at radius 2 is 1.81 bits per heavy atom. The van der Waals surface area contributed by atoms with Crippen molar-refractivity contribution in [3.8, 4) is 17.1 Å². The maximum atomic E-state index is 13.6. The number of carbonyl (C=O) groups is 1. The Labute approximate surface area is 254 Å². The number of imidazole rings is 1. The van der Waals surface area contributed by atoms with Gasteiger partial charge < -0.3 is 14.6 Å². The number of nitrogens with one attached hydrogen (secondary N) is 1. The first-order valence-corrected chi connectivity index (χ1v) is 16.0. The number of aromatic carboxylic acids is 1. The van der Waals surface area contributed by atoms with Gasteiger partial charge in [0.1, 0.15) is 0 Å². The lowest BCUT2D eigenvalue weighted by molar-refractivity contribution is 0.0698. The predicted molar refractivity (Wildman–Crippen MR) is 167 cm³/mol. The second-order valence-corrected chi connectivity index (χ2v) is 12.5. The SMILES string of the molecule is CCOCc1cc(Cn2c(OCC)nc3cccc(C(=O)O)c32)ccc1-c1ccccc1S(=O)(=O)Nc1nsc(C)c1C. The van der Waals surface area contributed by atoms with Crippen LogP contribution in [-0.4, -0.2) is 46.6 Å². The summed E-state index contributed by atoms with van der Waals surface area (Å²) >= 11 is 1.25. The summed E-state index contributed by atoms with van der Waals surface area (Å²) in [5.74, 6) is -0.739. The van der Waals surface area contributed by atoms with Crippen molar-refractivity contribution in [2.24, 2.45) is 0 Å². The summed E-state index contributed by atoms with van der Waals surface area (Å²) in [6, 6.07) is 17.8. The van der Waals surface area contributed by atoms with Gasteiger partial charge in [0, 0.05) is 22.6 Å². The molecule has 2 heterocycles. The van der Waals surface area contributed by atoms with E-state index in [1.807, 2.05) is 45.9 Å². The number of carboxylic acid groups (broad SMARTS) is 1. The number of anilines is 1. The van der Waals surface area contributed by atoms with E-state index in [1.165, 1.54) is 11.5 Å². The van der Waals surface area contributed by atoms with E-state index in [1.54, 1.807) is 47.0 Å². The lowest BCUT2D eigenvalue weighted by Gasteiger charge is -2.17. The van der Waals surface area contributed by atoms with Crippen molar-refractivity contribution in [3.63, 3.8) is 0 Å². The zero-order chi connectivity index (χ0) is 30.7. The van der Waals surface area contributed by atoms with E-state index >= 15 is 0 Å². The van der Waals surface area contributed by atoms with Crippen molar-refractivity contribution in [1.82, 2.24) is 13.9 Å². The molecule has 5 rings (SSSR count). The zero-order valence-electron chi connectivity index (χ0n) is 24.2. The average molecular weight is 621 g/mol. The van der Waals surface area contributed by atoms with Crippen molar-refractivity contribution in [2.45, 2.75) is 45.7 Å². The quantitative estimate of drug-likeness (QED) is 0.167. The molecule has 224 valence electrons. The molecule has 10 nitrogen and oxygen atoms in total. The number of para-hydroxylation sites is 1. The zero-order valence-corrected chi connectivity index (χ0v) is 25.9. The second kappa shape index (κ2) is 12.5. The molecular formula is C31H32N4O6S2. The largest absolute Gasteiger partial charge is 0.478 e. The van der Waals surface area contributed by atoms with E-state index in [9.17, 15) is 18.3 Å². The highest BCUT2D eigenvalue weighted by atomic mass is 32.2. The summed E-state index contributed by atoms with van der Waals surface area (Å²) in [4.78, 5) is 17.6. The number of fused-ring (bicyclic) bond motifs is 1. The van der Waals surface area contributed by atoms with E-state index in [0.717, 1.165) is 21.6 Å². The van der Waals surface area contributed by atoms with Crippen LogP contribution in [0.15, 0.2) is 65.6 Å². The van der Waals surface area contributed by atoms with Gasteiger partial charge in [-0.15, -0.1) is 0 Å². The number of aryl methyl sites for hydroxylation is 1. The number of aromatic nitrogens is 3. The summed E-state index contributed by atoms with van der Waals surface area (Å²) in [5.41, 5.74) is 4.74. The fourth-order valence-electron chi connectivity index (χ4n) is 4.86. The summed E-state index contributed by atoms with van der Waals surface area (Å²) in [5, 5.41) is 9.86. The van der Waals surface area contributed by atoms with Crippen LogP contribution in [0.25, 0.3) is 22.2 Å². The Hall–Kier alpha value is -4.26. The Morgan fingerprint density at radius 3 is 2.51 bits per heavy atom. The minimum atomic E-state index is -3.97. The number of hydrogen-bond donors (Lipinski definition) is 2. The summed E-state index contributed by atoms with van der Waals surface area (Å²) in [6.07, 6.45) is 0. The highest BCUT2D eigenvalue weighted by Gasteiger charge is 2.24. The maximum Gasteiger partial charge on any atom is 0.337 e. The molecule has 0 radical (unpaired) electrons. The van der Waals surface area contributed by atoms with Crippen LogP contribution < -0.4 is 9.46 Å². The maximum absolute atomic E-state index is 13.6. The van der Waals surface area contributed by atoms with Crippen molar-refractivity contribution in [1.29, 1.82) is 0 Å². The Morgan fingerprint density at radius 1 is 1.02 bits per heavy atom. The molecule has 43 heavy (non-hydrogen) atoms. The lowest BCUT2D eigenvalue weighted by Crippen LogP contribution is -2.15. The first-order valence-electron chi connectivity index (χ1n) is 13.7. The Balaban J connectivity index is 1.59. The number of sulfonamides is 1. The standard InChI is InChI=1S/C31H32N4O6S2/c1-5-40-18-22-16-21(17-35-28-25(30(36)37)11-9-12-26(28)32-31(35)41-6-2)14-15-23(22)24-10-7-8-13-27(24)43(38,39)34-29-19(3)20(4)42-33-29/h7-16H,5-6,17-18H2,1-4H3,(H,33,34)(H,36,37). The minimum absolute atomic E-state index is 0.121. The van der Waals surface area contributed by atoms with E-state index in [4.69, 9.17) is 9.47 Å². The Kier molecular flexibility index (Phi) is 8.81. The van der Waals surface area contributed by atoms with E-state index in [-0.39, 0.29) is 23.6 Å². The molecule has 0 atom stereocenters.